The van der Waals surface area contributed by atoms with Crippen molar-refractivity contribution in [2.75, 3.05) is 18.4 Å². The van der Waals surface area contributed by atoms with Crippen LogP contribution in [-0.4, -0.2) is 46.7 Å². The molecule has 6 heteroatoms. The second kappa shape index (κ2) is 9.67. The lowest BCUT2D eigenvalue weighted by molar-refractivity contribution is -0.140. The van der Waals surface area contributed by atoms with Crippen molar-refractivity contribution in [3.05, 3.63) is 35.5 Å². The molecule has 3 aliphatic rings. The van der Waals surface area contributed by atoms with Gasteiger partial charge in [0.1, 0.15) is 5.70 Å². The van der Waals surface area contributed by atoms with Gasteiger partial charge in [0.2, 0.25) is 5.91 Å². The predicted octanol–water partition coefficient (Wildman–Crippen LogP) is 4.32. The number of piperidine rings is 1. The molecule has 2 fully saturated rings. The first-order chi connectivity index (χ1) is 15.1. The zero-order chi connectivity index (χ0) is 21.8. The van der Waals surface area contributed by atoms with Crippen LogP contribution in [0.3, 0.4) is 0 Å². The maximum atomic E-state index is 13.7. The van der Waals surface area contributed by atoms with Crippen LogP contribution in [0.5, 0.6) is 0 Å². The van der Waals surface area contributed by atoms with Gasteiger partial charge in [-0.1, -0.05) is 44.2 Å². The molecule has 0 aromatic heterocycles. The normalized spacial score (nSPS) is 21.3. The van der Waals surface area contributed by atoms with Crippen molar-refractivity contribution in [2.45, 2.75) is 77.2 Å². The summed E-state index contributed by atoms with van der Waals surface area (Å²) in [6, 6.07) is 7.28. The highest BCUT2D eigenvalue weighted by Crippen LogP contribution is 2.36. The first-order valence-corrected chi connectivity index (χ1v) is 11.8. The van der Waals surface area contributed by atoms with Gasteiger partial charge in [-0.25, -0.2) is 0 Å². The van der Waals surface area contributed by atoms with E-state index < -0.39 is 0 Å². The second-order valence-electron chi connectivity index (χ2n) is 9.01. The van der Waals surface area contributed by atoms with Crippen molar-refractivity contribution < 1.29 is 14.4 Å². The Kier molecular flexibility index (Phi) is 6.73. The summed E-state index contributed by atoms with van der Waals surface area (Å²) in [6.07, 6.45) is 10.8. The van der Waals surface area contributed by atoms with E-state index in [1.807, 2.05) is 12.1 Å². The van der Waals surface area contributed by atoms with Gasteiger partial charge in [0, 0.05) is 31.7 Å². The summed E-state index contributed by atoms with van der Waals surface area (Å²) < 4.78 is 0. The van der Waals surface area contributed by atoms with Gasteiger partial charge < -0.3 is 10.2 Å². The van der Waals surface area contributed by atoms with Crippen LogP contribution in [0.2, 0.25) is 0 Å². The molecular formula is C25H33N3O3. The van der Waals surface area contributed by atoms with Crippen LogP contribution in [0, 0.1) is 0 Å². The van der Waals surface area contributed by atoms with E-state index >= 15 is 0 Å². The van der Waals surface area contributed by atoms with Gasteiger partial charge in [-0.3, -0.25) is 19.3 Å². The van der Waals surface area contributed by atoms with Crippen LogP contribution in [0.25, 0.3) is 5.57 Å². The van der Waals surface area contributed by atoms with Crippen molar-refractivity contribution in [1.29, 1.82) is 0 Å². The van der Waals surface area contributed by atoms with Gasteiger partial charge in [-0.2, -0.15) is 0 Å². The van der Waals surface area contributed by atoms with Crippen LogP contribution < -0.4 is 5.32 Å². The van der Waals surface area contributed by atoms with Crippen LogP contribution in [0.1, 0.15) is 76.7 Å². The fourth-order valence-corrected chi connectivity index (χ4v) is 5.15. The summed E-state index contributed by atoms with van der Waals surface area (Å²) in [7, 11) is 0. The van der Waals surface area contributed by atoms with E-state index in [2.05, 4.69) is 10.2 Å². The Balaban J connectivity index is 1.68. The van der Waals surface area contributed by atoms with E-state index in [1.165, 1.54) is 32.6 Å². The van der Waals surface area contributed by atoms with Crippen LogP contribution in [-0.2, 0) is 14.4 Å². The Morgan fingerprint density at radius 2 is 1.42 bits per heavy atom. The number of amides is 3. The van der Waals surface area contributed by atoms with Crippen molar-refractivity contribution in [3.8, 4) is 0 Å². The lowest BCUT2D eigenvalue weighted by atomic mass is 9.95. The van der Waals surface area contributed by atoms with Crippen molar-refractivity contribution >= 4 is 29.0 Å². The summed E-state index contributed by atoms with van der Waals surface area (Å²) >= 11 is 0. The largest absolute Gasteiger partial charge is 0.366 e. The number of imide groups is 1. The molecule has 0 unspecified atom stereocenters. The average molecular weight is 424 g/mol. The molecule has 1 N–H and O–H groups in total. The Bertz CT molecular complexity index is 861. The van der Waals surface area contributed by atoms with Gasteiger partial charge in [0.05, 0.1) is 5.57 Å². The molecule has 166 valence electrons. The third kappa shape index (κ3) is 4.68. The molecule has 1 saturated heterocycles. The molecule has 4 rings (SSSR count). The number of anilines is 1. The zero-order valence-corrected chi connectivity index (χ0v) is 18.5. The average Bonchev–Trinajstić information content (AvgIpc) is 2.99. The summed E-state index contributed by atoms with van der Waals surface area (Å²) in [5.74, 6) is -0.398. The van der Waals surface area contributed by atoms with Crippen molar-refractivity contribution in [2.24, 2.45) is 0 Å². The number of hydrogen-bond donors (Lipinski definition) is 1. The molecule has 6 nitrogen and oxygen atoms in total. The van der Waals surface area contributed by atoms with Gasteiger partial charge in [0.25, 0.3) is 11.8 Å². The summed E-state index contributed by atoms with van der Waals surface area (Å²) in [5.41, 5.74) is 2.55. The smallest absolute Gasteiger partial charge is 0.278 e. The maximum absolute atomic E-state index is 13.7. The quantitative estimate of drug-likeness (QED) is 0.732. The molecule has 2 aliphatic heterocycles. The fraction of sp³-hybridized carbons (Fsp3) is 0.560. The zero-order valence-electron chi connectivity index (χ0n) is 18.5. The molecule has 1 aromatic carbocycles. The number of carbonyl (C=O) groups is 3. The molecule has 0 spiro atoms. The van der Waals surface area contributed by atoms with Crippen LogP contribution in [0.4, 0.5) is 5.69 Å². The van der Waals surface area contributed by atoms with Crippen molar-refractivity contribution in [3.63, 3.8) is 0 Å². The van der Waals surface area contributed by atoms with Crippen molar-refractivity contribution in [1.82, 2.24) is 9.80 Å². The SMILES string of the molecule is CC(=O)Nc1ccc(C2=C(N3CCCCC3)C(=O)N(C3CCCCCCC3)C2=O)cc1. The third-order valence-electron chi connectivity index (χ3n) is 6.70. The molecule has 0 atom stereocenters. The number of carbonyl (C=O) groups excluding carboxylic acids is 3. The van der Waals surface area contributed by atoms with E-state index in [4.69, 9.17) is 0 Å². The number of hydrogen-bond acceptors (Lipinski definition) is 4. The van der Waals surface area contributed by atoms with E-state index in [9.17, 15) is 14.4 Å². The summed E-state index contributed by atoms with van der Waals surface area (Å²) in [6.45, 7) is 3.11. The molecule has 1 aliphatic carbocycles. The Morgan fingerprint density at radius 3 is 2.03 bits per heavy atom. The van der Waals surface area contributed by atoms with Gasteiger partial charge in [-0.05, 0) is 49.8 Å². The number of nitrogens with zero attached hydrogens (tertiary/aromatic N) is 2. The third-order valence-corrected chi connectivity index (χ3v) is 6.70. The lowest BCUT2D eigenvalue weighted by Gasteiger charge is -2.31. The highest BCUT2D eigenvalue weighted by molar-refractivity contribution is 6.35. The lowest BCUT2D eigenvalue weighted by Crippen LogP contribution is -2.43. The Hall–Kier alpha value is -2.63. The Labute approximate surface area is 184 Å². The maximum Gasteiger partial charge on any atom is 0.278 e. The summed E-state index contributed by atoms with van der Waals surface area (Å²) in [5, 5.41) is 2.76. The van der Waals surface area contributed by atoms with E-state index in [0.29, 0.717) is 17.0 Å². The first kappa shape index (κ1) is 21.6. The number of likely N-dealkylation sites (tertiary alicyclic amines) is 1. The van der Waals surface area contributed by atoms with E-state index in [0.717, 1.165) is 57.2 Å². The minimum absolute atomic E-state index is 0.00348. The molecular weight excluding hydrogens is 390 g/mol. The van der Waals surface area contributed by atoms with Gasteiger partial charge >= 0.3 is 0 Å². The molecule has 0 bridgehead atoms. The molecule has 0 radical (unpaired) electrons. The Morgan fingerprint density at radius 1 is 0.839 bits per heavy atom. The summed E-state index contributed by atoms with van der Waals surface area (Å²) in [4.78, 5) is 42.4. The molecule has 2 heterocycles. The molecule has 31 heavy (non-hydrogen) atoms. The van der Waals surface area contributed by atoms with Gasteiger partial charge in [0.15, 0.2) is 0 Å². The number of benzene rings is 1. The van der Waals surface area contributed by atoms with Gasteiger partial charge in [-0.15, -0.1) is 0 Å². The second-order valence-corrected chi connectivity index (χ2v) is 9.01. The van der Waals surface area contributed by atoms with E-state index in [-0.39, 0.29) is 23.8 Å². The van der Waals surface area contributed by atoms with E-state index in [1.54, 1.807) is 17.0 Å². The molecule has 1 aromatic rings. The minimum Gasteiger partial charge on any atom is -0.366 e. The first-order valence-electron chi connectivity index (χ1n) is 11.8. The minimum atomic E-state index is -0.150. The van der Waals surface area contributed by atoms with Crippen LogP contribution in [0.15, 0.2) is 30.0 Å². The van der Waals surface area contributed by atoms with Crippen LogP contribution >= 0.6 is 0 Å². The predicted molar refractivity (Wildman–Crippen MR) is 121 cm³/mol. The molecule has 3 amide bonds. The monoisotopic (exact) mass is 423 g/mol. The number of rotatable bonds is 4. The number of nitrogens with one attached hydrogen (secondary N) is 1. The topological polar surface area (TPSA) is 69.7 Å². The highest BCUT2D eigenvalue weighted by Gasteiger charge is 2.44. The molecule has 1 saturated carbocycles. The fourth-order valence-electron chi connectivity index (χ4n) is 5.15. The highest BCUT2D eigenvalue weighted by atomic mass is 16.2. The standard InChI is InChI=1S/C25H33N3O3/c1-18(29)26-20-14-12-19(13-15-20)22-23(27-16-8-5-9-17-27)25(31)28(24(22)30)21-10-6-3-2-4-7-11-21/h12-15,21H,2-11,16-17H2,1H3,(H,26,29).